The first-order valence-corrected chi connectivity index (χ1v) is 6.89. The van der Waals surface area contributed by atoms with Crippen LogP contribution >= 0.6 is 0 Å². The van der Waals surface area contributed by atoms with Crippen molar-refractivity contribution in [2.45, 2.75) is 51.4 Å². The molecule has 1 fully saturated rings. The van der Waals surface area contributed by atoms with Gasteiger partial charge < -0.3 is 5.11 Å². The number of aromatic hydroxyl groups is 1. The average molecular weight is 243 g/mol. The van der Waals surface area contributed by atoms with Gasteiger partial charge in [0.1, 0.15) is 5.75 Å². The van der Waals surface area contributed by atoms with E-state index in [0.717, 1.165) is 38.5 Å². The minimum Gasteiger partial charge on any atom is -0.508 e. The van der Waals surface area contributed by atoms with Crippen molar-refractivity contribution < 1.29 is 5.11 Å². The molecule has 0 radical (unpaired) electrons. The van der Waals surface area contributed by atoms with Crippen LogP contribution in [0.4, 0.5) is 0 Å². The molecule has 0 amide bonds. The van der Waals surface area contributed by atoms with Crippen molar-refractivity contribution in [3.63, 3.8) is 0 Å². The highest BCUT2D eigenvalue weighted by Gasteiger charge is 2.34. The number of phenols is 1. The number of benzene rings is 1. The fraction of sp³-hybridized carbons (Fsp3) is 0.562. The molecule has 1 saturated carbocycles. The van der Waals surface area contributed by atoms with Crippen molar-refractivity contribution in [1.82, 2.24) is 0 Å². The van der Waals surface area contributed by atoms with E-state index >= 15 is 0 Å². The van der Waals surface area contributed by atoms with Gasteiger partial charge in [-0.1, -0.05) is 25.5 Å². The quantitative estimate of drug-likeness (QED) is 0.857. The summed E-state index contributed by atoms with van der Waals surface area (Å²) in [6, 6.07) is 10.1. The Morgan fingerprint density at radius 2 is 1.89 bits per heavy atom. The van der Waals surface area contributed by atoms with E-state index in [4.69, 9.17) is 0 Å². The van der Waals surface area contributed by atoms with Gasteiger partial charge in [0.2, 0.25) is 0 Å². The van der Waals surface area contributed by atoms with Crippen molar-refractivity contribution in [2.75, 3.05) is 0 Å². The third-order valence-electron chi connectivity index (χ3n) is 4.27. The Kier molecular flexibility index (Phi) is 3.91. The van der Waals surface area contributed by atoms with E-state index in [9.17, 15) is 10.4 Å². The molecule has 0 spiro atoms. The van der Waals surface area contributed by atoms with E-state index in [1.165, 1.54) is 5.56 Å². The van der Waals surface area contributed by atoms with Crippen molar-refractivity contribution in [1.29, 1.82) is 5.26 Å². The summed E-state index contributed by atoms with van der Waals surface area (Å²) in [5, 5.41) is 18.7. The first-order valence-electron chi connectivity index (χ1n) is 6.89. The molecule has 2 rings (SSSR count). The van der Waals surface area contributed by atoms with E-state index in [0.29, 0.717) is 11.7 Å². The Hall–Kier alpha value is -1.49. The molecule has 0 aliphatic heterocycles. The summed E-state index contributed by atoms with van der Waals surface area (Å²) in [5.74, 6) is 0.885. The summed E-state index contributed by atoms with van der Waals surface area (Å²) in [5.41, 5.74) is 1.23. The lowest BCUT2D eigenvalue weighted by molar-refractivity contribution is 0.228. The highest BCUT2D eigenvalue weighted by atomic mass is 16.3. The van der Waals surface area contributed by atoms with Crippen LogP contribution in [0.25, 0.3) is 0 Å². The van der Waals surface area contributed by atoms with Crippen LogP contribution < -0.4 is 0 Å². The molecule has 0 heterocycles. The maximum atomic E-state index is 9.38. The summed E-state index contributed by atoms with van der Waals surface area (Å²) in [6.07, 6.45) is 6.35. The van der Waals surface area contributed by atoms with E-state index in [1.807, 2.05) is 12.1 Å². The van der Waals surface area contributed by atoms with Crippen LogP contribution in [0.15, 0.2) is 24.3 Å². The van der Waals surface area contributed by atoms with Gasteiger partial charge in [0.05, 0.1) is 11.5 Å². The molecule has 2 heteroatoms. The van der Waals surface area contributed by atoms with Gasteiger partial charge in [0, 0.05) is 0 Å². The first-order chi connectivity index (χ1) is 8.69. The summed E-state index contributed by atoms with van der Waals surface area (Å²) in [6.45, 7) is 2.16. The number of nitrogens with zero attached hydrogens (tertiary/aromatic N) is 1. The van der Waals surface area contributed by atoms with Crippen LogP contribution in [0.3, 0.4) is 0 Å². The first kappa shape index (κ1) is 13.0. The van der Waals surface area contributed by atoms with Gasteiger partial charge in [-0.2, -0.15) is 5.26 Å². The number of phenolic OH excluding ortho intramolecular Hbond substituents is 1. The fourth-order valence-electron chi connectivity index (χ4n) is 3.15. The minimum atomic E-state index is -0.0673. The van der Waals surface area contributed by atoms with Crippen LogP contribution in [0.1, 0.15) is 56.9 Å². The number of nitriles is 1. The lowest BCUT2D eigenvalue weighted by atomic mass is 9.68. The lowest BCUT2D eigenvalue weighted by Crippen LogP contribution is -2.25. The maximum absolute atomic E-state index is 9.38. The highest BCUT2D eigenvalue weighted by Crippen LogP contribution is 2.45. The van der Waals surface area contributed by atoms with E-state index in [2.05, 4.69) is 13.0 Å². The molecular weight excluding hydrogens is 222 g/mol. The molecule has 0 atom stereocenters. The molecular formula is C16H21NO. The molecule has 2 nitrogen and oxygen atoms in total. The normalized spacial score (nSPS) is 27.7. The van der Waals surface area contributed by atoms with Gasteiger partial charge in [-0.3, -0.25) is 0 Å². The second-order valence-corrected chi connectivity index (χ2v) is 5.51. The number of rotatable bonds is 3. The zero-order valence-corrected chi connectivity index (χ0v) is 11.0. The average Bonchev–Trinajstić information content (AvgIpc) is 2.41. The fourth-order valence-corrected chi connectivity index (χ4v) is 3.15. The lowest BCUT2D eigenvalue weighted by Gasteiger charge is -2.35. The largest absolute Gasteiger partial charge is 0.508 e. The molecule has 18 heavy (non-hydrogen) atoms. The summed E-state index contributed by atoms with van der Waals surface area (Å²) >= 11 is 0. The molecule has 1 aromatic carbocycles. The Bertz CT molecular complexity index is 421. The second kappa shape index (κ2) is 5.44. The summed E-state index contributed by atoms with van der Waals surface area (Å²) in [4.78, 5) is 0. The molecule has 1 aliphatic carbocycles. The predicted octanol–water partition coefficient (Wildman–Crippen LogP) is 4.36. The van der Waals surface area contributed by atoms with Gasteiger partial charge in [-0.15, -0.1) is 0 Å². The van der Waals surface area contributed by atoms with Crippen molar-refractivity contribution in [2.24, 2.45) is 5.41 Å². The third kappa shape index (κ3) is 2.67. The van der Waals surface area contributed by atoms with E-state index < -0.39 is 0 Å². The molecule has 0 bridgehead atoms. The Morgan fingerprint density at radius 1 is 1.28 bits per heavy atom. The molecule has 0 aromatic heterocycles. The van der Waals surface area contributed by atoms with Crippen LogP contribution in [0.5, 0.6) is 5.75 Å². The van der Waals surface area contributed by atoms with Crippen LogP contribution in [-0.2, 0) is 0 Å². The van der Waals surface area contributed by atoms with Gasteiger partial charge >= 0.3 is 0 Å². The summed E-state index contributed by atoms with van der Waals surface area (Å²) < 4.78 is 0. The van der Waals surface area contributed by atoms with Gasteiger partial charge in [-0.05, 0) is 55.7 Å². The second-order valence-electron chi connectivity index (χ2n) is 5.51. The molecule has 1 aliphatic rings. The predicted molar refractivity (Wildman–Crippen MR) is 72.3 cm³/mol. The van der Waals surface area contributed by atoms with Crippen molar-refractivity contribution >= 4 is 0 Å². The number of hydrogen-bond acceptors (Lipinski definition) is 2. The third-order valence-corrected chi connectivity index (χ3v) is 4.27. The zero-order valence-electron chi connectivity index (χ0n) is 11.0. The molecule has 1 aromatic rings. The number of hydrogen-bond donors (Lipinski definition) is 1. The maximum Gasteiger partial charge on any atom is 0.115 e. The molecule has 1 N–H and O–H groups in total. The SMILES string of the molecule is CCCC1(C#N)CCC(c2ccc(O)cc2)CC1. The van der Waals surface area contributed by atoms with Crippen molar-refractivity contribution in [3.8, 4) is 11.8 Å². The highest BCUT2D eigenvalue weighted by molar-refractivity contribution is 5.29. The van der Waals surface area contributed by atoms with Crippen LogP contribution in [-0.4, -0.2) is 5.11 Å². The Morgan fingerprint density at radius 3 is 2.39 bits per heavy atom. The molecule has 96 valence electrons. The molecule has 0 saturated heterocycles. The smallest absolute Gasteiger partial charge is 0.115 e. The molecule has 0 unspecified atom stereocenters. The van der Waals surface area contributed by atoms with Gasteiger partial charge in [-0.25, -0.2) is 0 Å². The minimum absolute atomic E-state index is 0.0673. The Labute approximate surface area is 109 Å². The standard InChI is InChI=1S/C16H21NO/c1-2-9-16(12-17)10-7-14(8-11-16)13-3-5-15(18)6-4-13/h3-6,14,18H,2,7-11H2,1H3. The zero-order chi connectivity index (χ0) is 13.0. The topological polar surface area (TPSA) is 44.0 Å². The van der Waals surface area contributed by atoms with E-state index in [-0.39, 0.29) is 5.41 Å². The van der Waals surface area contributed by atoms with Gasteiger partial charge in [0.25, 0.3) is 0 Å². The van der Waals surface area contributed by atoms with E-state index in [1.54, 1.807) is 12.1 Å². The Balaban J connectivity index is 2.02. The summed E-state index contributed by atoms with van der Waals surface area (Å²) in [7, 11) is 0. The van der Waals surface area contributed by atoms with Crippen LogP contribution in [0, 0.1) is 16.7 Å². The monoisotopic (exact) mass is 243 g/mol. The van der Waals surface area contributed by atoms with Crippen LogP contribution in [0.2, 0.25) is 0 Å². The van der Waals surface area contributed by atoms with Gasteiger partial charge in [0.15, 0.2) is 0 Å². The van der Waals surface area contributed by atoms with Crippen molar-refractivity contribution in [3.05, 3.63) is 29.8 Å².